The summed E-state index contributed by atoms with van der Waals surface area (Å²) in [4.78, 5) is 1.98. The van der Waals surface area contributed by atoms with Gasteiger partial charge in [-0.25, -0.2) is 0 Å². The lowest BCUT2D eigenvalue weighted by Gasteiger charge is -2.20. The van der Waals surface area contributed by atoms with E-state index in [0.29, 0.717) is 17.3 Å². The number of nitrogens with zero attached hydrogens (tertiary/aromatic N) is 2. The van der Waals surface area contributed by atoms with E-state index < -0.39 is 0 Å². The number of anilines is 2. The van der Waals surface area contributed by atoms with Crippen molar-refractivity contribution in [2.75, 3.05) is 17.7 Å². The van der Waals surface area contributed by atoms with E-state index in [1.807, 2.05) is 37.1 Å². The molecule has 2 aromatic rings. The van der Waals surface area contributed by atoms with E-state index in [9.17, 15) is 0 Å². The maximum Gasteiger partial charge on any atom is 0.133 e. The fourth-order valence-corrected chi connectivity index (χ4v) is 1.85. The molecule has 2 rings (SSSR count). The molecular weight excluding hydrogens is 238 g/mol. The third kappa shape index (κ3) is 2.53. The summed E-state index contributed by atoms with van der Waals surface area (Å²) in [7, 11) is 1.94. The van der Waals surface area contributed by atoms with Crippen LogP contribution in [0.2, 0.25) is 5.02 Å². The topological polar surface area (TPSA) is 55.3 Å². The van der Waals surface area contributed by atoms with Crippen LogP contribution in [0.25, 0.3) is 0 Å². The zero-order valence-electron chi connectivity index (χ0n) is 9.77. The fraction of sp³-hybridized carbons (Fsp3) is 0.250. The van der Waals surface area contributed by atoms with E-state index >= 15 is 0 Å². The molecule has 0 aliphatic heterocycles. The molecular formula is C12H14ClN3O. The maximum absolute atomic E-state index is 5.98. The maximum atomic E-state index is 5.98. The first-order valence-corrected chi connectivity index (χ1v) is 5.63. The van der Waals surface area contributed by atoms with E-state index in [1.54, 1.807) is 6.07 Å². The molecule has 0 radical (unpaired) electrons. The molecule has 4 nitrogen and oxygen atoms in total. The van der Waals surface area contributed by atoms with Crippen LogP contribution in [-0.2, 0) is 6.54 Å². The van der Waals surface area contributed by atoms with Gasteiger partial charge in [-0.3, -0.25) is 0 Å². The number of nitrogen functional groups attached to an aromatic ring is 1. The zero-order valence-corrected chi connectivity index (χ0v) is 10.5. The Morgan fingerprint density at radius 1 is 1.47 bits per heavy atom. The summed E-state index contributed by atoms with van der Waals surface area (Å²) in [6.45, 7) is 2.49. The van der Waals surface area contributed by atoms with Crippen LogP contribution in [-0.4, -0.2) is 12.2 Å². The second-order valence-corrected chi connectivity index (χ2v) is 4.36. The summed E-state index contributed by atoms with van der Waals surface area (Å²) in [6, 6.07) is 7.47. The Kier molecular flexibility index (Phi) is 3.24. The van der Waals surface area contributed by atoms with Gasteiger partial charge in [0, 0.05) is 13.1 Å². The number of hydrogen-bond acceptors (Lipinski definition) is 4. The molecule has 17 heavy (non-hydrogen) atoms. The van der Waals surface area contributed by atoms with Crippen molar-refractivity contribution in [3.63, 3.8) is 0 Å². The van der Waals surface area contributed by atoms with Gasteiger partial charge in [-0.2, -0.15) is 0 Å². The lowest BCUT2D eigenvalue weighted by molar-refractivity contribution is 0.390. The molecule has 0 amide bonds. The smallest absolute Gasteiger partial charge is 0.133 e. The molecule has 1 aromatic heterocycles. The van der Waals surface area contributed by atoms with Gasteiger partial charge in [-0.05, 0) is 19.1 Å². The number of para-hydroxylation sites is 1. The van der Waals surface area contributed by atoms with Crippen molar-refractivity contribution in [3.05, 3.63) is 40.7 Å². The van der Waals surface area contributed by atoms with Crippen molar-refractivity contribution in [1.82, 2.24) is 5.16 Å². The Labute approximate surface area is 105 Å². The van der Waals surface area contributed by atoms with Gasteiger partial charge in [0.2, 0.25) is 0 Å². The van der Waals surface area contributed by atoms with Crippen LogP contribution in [0.5, 0.6) is 0 Å². The first-order valence-electron chi connectivity index (χ1n) is 5.25. The fourth-order valence-electron chi connectivity index (χ4n) is 1.68. The summed E-state index contributed by atoms with van der Waals surface area (Å²) in [6.07, 6.45) is 0. The zero-order chi connectivity index (χ0) is 12.4. The Bertz CT molecular complexity index is 524. The molecule has 0 unspecified atom stereocenters. The Morgan fingerprint density at radius 3 is 2.88 bits per heavy atom. The summed E-state index contributed by atoms with van der Waals surface area (Å²) in [5.74, 6) is 0.799. The van der Waals surface area contributed by atoms with Crippen LogP contribution in [0.4, 0.5) is 11.4 Å². The molecule has 0 saturated carbocycles. The van der Waals surface area contributed by atoms with Crippen molar-refractivity contribution >= 4 is 23.0 Å². The first-order chi connectivity index (χ1) is 8.08. The van der Waals surface area contributed by atoms with Gasteiger partial charge in [0.1, 0.15) is 11.5 Å². The normalized spacial score (nSPS) is 10.5. The van der Waals surface area contributed by atoms with E-state index in [0.717, 1.165) is 17.1 Å². The van der Waals surface area contributed by atoms with Gasteiger partial charge in [-0.15, -0.1) is 0 Å². The van der Waals surface area contributed by atoms with Crippen molar-refractivity contribution in [2.45, 2.75) is 13.5 Å². The second-order valence-electron chi connectivity index (χ2n) is 3.96. The predicted octanol–water partition coefficient (Wildman–Crippen LogP) is 2.86. The highest BCUT2D eigenvalue weighted by Crippen LogP contribution is 2.29. The molecule has 1 heterocycles. The molecule has 0 fully saturated rings. The summed E-state index contributed by atoms with van der Waals surface area (Å²) in [5.41, 5.74) is 8.26. The Morgan fingerprint density at radius 2 is 2.24 bits per heavy atom. The van der Waals surface area contributed by atoms with E-state index in [4.69, 9.17) is 21.9 Å². The number of hydrogen-bond donors (Lipinski definition) is 1. The number of nitrogens with two attached hydrogens (primary N) is 1. The molecule has 1 aromatic carbocycles. The lowest BCUT2D eigenvalue weighted by atomic mass is 10.2. The van der Waals surface area contributed by atoms with Crippen LogP contribution in [0.15, 0.2) is 28.8 Å². The largest absolute Gasteiger partial charge is 0.396 e. The third-order valence-electron chi connectivity index (χ3n) is 2.52. The summed E-state index contributed by atoms with van der Waals surface area (Å²) >= 11 is 5.98. The molecule has 0 aliphatic carbocycles. The lowest BCUT2D eigenvalue weighted by Crippen LogP contribution is -2.18. The number of aromatic nitrogens is 1. The van der Waals surface area contributed by atoms with Crippen LogP contribution in [0.1, 0.15) is 11.5 Å². The minimum Gasteiger partial charge on any atom is -0.396 e. The quantitative estimate of drug-likeness (QED) is 0.853. The van der Waals surface area contributed by atoms with E-state index in [2.05, 4.69) is 5.16 Å². The Balaban J connectivity index is 2.20. The molecule has 0 saturated heterocycles. The summed E-state index contributed by atoms with van der Waals surface area (Å²) in [5, 5.41) is 4.50. The van der Waals surface area contributed by atoms with Gasteiger partial charge in [0.25, 0.3) is 0 Å². The van der Waals surface area contributed by atoms with Crippen LogP contribution >= 0.6 is 11.6 Å². The highest BCUT2D eigenvalue weighted by Gasteiger charge is 2.10. The number of benzene rings is 1. The molecule has 5 heteroatoms. The molecule has 90 valence electrons. The molecule has 0 bridgehead atoms. The molecule has 0 atom stereocenters. The van der Waals surface area contributed by atoms with Gasteiger partial charge < -0.3 is 15.2 Å². The summed E-state index contributed by atoms with van der Waals surface area (Å²) < 4.78 is 5.02. The molecule has 0 aliphatic rings. The highest BCUT2D eigenvalue weighted by molar-refractivity contribution is 6.33. The number of halogens is 1. The number of rotatable bonds is 3. The Hall–Kier alpha value is -1.68. The average Bonchev–Trinajstić information content (AvgIpc) is 2.68. The van der Waals surface area contributed by atoms with Crippen LogP contribution < -0.4 is 10.6 Å². The minimum absolute atomic E-state index is 0.561. The van der Waals surface area contributed by atoms with Gasteiger partial charge in [0.05, 0.1) is 22.9 Å². The second kappa shape index (κ2) is 4.67. The van der Waals surface area contributed by atoms with Crippen molar-refractivity contribution in [3.8, 4) is 0 Å². The highest BCUT2D eigenvalue weighted by atomic mass is 35.5. The average molecular weight is 252 g/mol. The molecule has 2 N–H and O–H groups in total. The standard InChI is InChI=1S/C12H14ClN3O/c1-8-6-9(15-17-8)7-16(2)11-5-3-4-10(13)12(11)14/h3-6H,7,14H2,1-2H3. The SMILES string of the molecule is Cc1cc(CN(C)c2cccc(Cl)c2N)no1. The monoisotopic (exact) mass is 251 g/mol. The molecule has 0 spiro atoms. The van der Waals surface area contributed by atoms with E-state index in [1.165, 1.54) is 0 Å². The van der Waals surface area contributed by atoms with Crippen LogP contribution in [0.3, 0.4) is 0 Å². The van der Waals surface area contributed by atoms with Crippen molar-refractivity contribution < 1.29 is 4.52 Å². The van der Waals surface area contributed by atoms with Crippen molar-refractivity contribution in [2.24, 2.45) is 0 Å². The third-order valence-corrected chi connectivity index (χ3v) is 2.85. The van der Waals surface area contributed by atoms with Crippen molar-refractivity contribution in [1.29, 1.82) is 0 Å². The van der Waals surface area contributed by atoms with Gasteiger partial charge in [0.15, 0.2) is 0 Å². The minimum atomic E-state index is 0.561. The number of aryl methyl sites for hydroxylation is 1. The van der Waals surface area contributed by atoms with Crippen LogP contribution in [0, 0.1) is 6.92 Å². The first kappa shape index (κ1) is 11.8. The van der Waals surface area contributed by atoms with E-state index in [-0.39, 0.29) is 0 Å². The van der Waals surface area contributed by atoms with Gasteiger partial charge >= 0.3 is 0 Å². The predicted molar refractivity (Wildman–Crippen MR) is 69.2 cm³/mol. The van der Waals surface area contributed by atoms with Gasteiger partial charge in [-0.1, -0.05) is 22.8 Å².